The minimum absolute atomic E-state index is 0.0514. The van der Waals surface area contributed by atoms with E-state index < -0.39 is 0 Å². The van der Waals surface area contributed by atoms with Crippen molar-refractivity contribution in [3.8, 4) is 0 Å². The van der Waals surface area contributed by atoms with Gasteiger partial charge in [-0.1, -0.05) is 26.8 Å². The Morgan fingerprint density at radius 2 is 1.84 bits per heavy atom. The summed E-state index contributed by atoms with van der Waals surface area (Å²) in [6, 6.07) is 6.41. The summed E-state index contributed by atoms with van der Waals surface area (Å²) in [6.07, 6.45) is 1.63. The van der Waals surface area contributed by atoms with E-state index in [9.17, 15) is 4.79 Å². The number of anilines is 2. The molecule has 1 aromatic rings. The fourth-order valence-corrected chi connectivity index (χ4v) is 2.20. The van der Waals surface area contributed by atoms with Crippen LogP contribution in [0.15, 0.2) is 18.2 Å². The van der Waals surface area contributed by atoms with Crippen LogP contribution < -0.4 is 10.6 Å². The number of hydrogen-bond donors (Lipinski definition) is 2. The molecule has 1 aromatic carbocycles. The quantitative estimate of drug-likeness (QED) is 0.807. The zero-order chi connectivity index (χ0) is 14.4. The van der Waals surface area contributed by atoms with Crippen molar-refractivity contribution >= 4 is 17.3 Å². The second-order valence-corrected chi connectivity index (χ2v) is 5.55. The maximum atomic E-state index is 11.5. The van der Waals surface area contributed by atoms with E-state index in [0.717, 1.165) is 23.4 Å². The van der Waals surface area contributed by atoms with Gasteiger partial charge in [-0.15, -0.1) is 0 Å². The molecule has 0 bridgehead atoms. The van der Waals surface area contributed by atoms with Crippen LogP contribution in [0.25, 0.3) is 0 Å². The zero-order valence-electron chi connectivity index (χ0n) is 12.7. The maximum Gasteiger partial charge on any atom is 0.224 e. The molecule has 3 nitrogen and oxygen atoms in total. The first-order valence-electron chi connectivity index (χ1n) is 7.10. The van der Waals surface area contributed by atoms with Gasteiger partial charge in [-0.3, -0.25) is 4.79 Å². The Morgan fingerprint density at radius 1 is 1.21 bits per heavy atom. The Bertz CT molecular complexity index is 427. The Hall–Kier alpha value is -1.51. The van der Waals surface area contributed by atoms with Gasteiger partial charge < -0.3 is 10.6 Å². The molecule has 0 heterocycles. The SMILES string of the molecule is CCC(=O)Nc1cccc(NC(C)CC(C)C)c1C. The highest BCUT2D eigenvalue weighted by Gasteiger charge is 2.09. The highest BCUT2D eigenvalue weighted by atomic mass is 16.1. The average molecular weight is 262 g/mol. The predicted molar refractivity (Wildman–Crippen MR) is 82.6 cm³/mol. The molecular weight excluding hydrogens is 236 g/mol. The van der Waals surface area contributed by atoms with E-state index >= 15 is 0 Å². The Labute approximate surface area is 116 Å². The molecule has 0 aliphatic carbocycles. The molecular formula is C16H26N2O. The molecule has 1 unspecified atom stereocenters. The van der Waals surface area contributed by atoms with Gasteiger partial charge in [0.25, 0.3) is 0 Å². The van der Waals surface area contributed by atoms with Crippen LogP contribution in [-0.2, 0) is 4.79 Å². The minimum atomic E-state index is 0.0514. The van der Waals surface area contributed by atoms with Crippen LogP contribution in [0.1, 0.15) is 46.1 Å². The van der Waals surface area contributed by atoms with Crippen molar-refractivity contribution in [1.29, 1.82) is 0 Å². The molecule has 1 amide bonds. The van der Waals surface area contributed by atoms with Crippen LogP contribution in [0, 0.1) is 12.8 Å². The molecule has 0 saturated heterocycles. The van der Waals surface area contributed by atoms with Crippen molar-refractivity contribution in [2.75, 3.05) is 10.6 Å². The fraction of sp³-hybridized carbons (Fsp3) is 0.562. The van der Waals surface area contributed by atoms with Crippen LogP contribution in [0.3, 0.4) is 0 Å². The van der Waals surface area contributed by atoms with Gasteiger partial charge in [0.2, 0.25) is 5.91 Å². The van der Waals surface area contributed by atoms with Gasteiger partial charge in [0, 0.05) is 23.8 Å². The number of rotatable bonds is 6. The molecule has 0 aliphatic rings. The third kappa shape index (κ3) is 4.93. The molecule has 0 aliphatic heterocycles. The lowest BCUT2D eigenvalue weighted by Gasteiger charge is -2.20. The van der Waals surface area contributed by atoms with E-state index in [1.807, 2.05) is 26.0 Å². The van der Waals surface area contributed by atoms with Gasteiger partial charge in [-0.05, 0) is 43.9 Å². The van der Waals surface area contributed by atoms with Gasteiger partial charge in [-0.2, -0.15) is 0 Å². The number of carbonyl (C=O) groups is 1. The Kier molecular flexibility index (Phi) is 5.87. The second kappa shape index (κ2) is 7.17. The van der Waals surface area contributed by atoms with E-state index in [2.05, 4.69) is 37.5 Å². The van der Waals surface area contributed by atoms with Crippen molar-refractivity contribution in [3.05, 3.63) is 23.8 Å². The molecule has 0 radical (unpaired) electrons. The molecule has 19 heavy (non-hydrogen) atoms. The highest BCUT2D eigenvalue weighted by Crippen LogP contribution is 2.24. The molecule has 3 heteroatoms. The first-order chi connectivity index (χ1) is 8.93. The second-order valence-electron chi connectivity index (χ2n) is 5.55. The largest absolute Gasteiger partial charge is 0.382 e. The van der Waals surface area contributed by atoms with Gasteiger partial charge >= 0.3 is 0 Å². The molecule has 1 atom stereocenters. The van der Waals surface area contributed by atoms with Crippen LogP contribution in [0.4, 0.5) is 11.4 Å². The summed E-state index contributed by atoms with van der Waals surface area (Å²) in [7, 11) is 0. The molecule has 0 spiro atoms. The maximum absolute atomic E-state index is 11.5. The van der Waals surface area contributed by atoms with E-state index in [1.54, 1.807) is 0 Å². The van der Waals surface area contributed by atoms with Gasteiger partial charge in [-0.25, -0.2) is 0 Å². The minimum Gasteiger partial charge on any atom is -0.382 e. The fourth-order valence-electron chi connectivity index (χ4n) is 2.20. The lowest BCUT2D eigenvalue weighted by molar-refractivity contribution is -0.115. The number of carbonyl (C=O) groups excluding carboxylic acids is 1. The van der Waals surface area contributed by atoms with Crippen molar-refractivity contribution in [2.24, 2.45) is 5.92 Å². The third-order valence-electron chi connectivity index (χ3n) is 3.16. The first-order valence-corrected chi connectivity index (χ1v) is 7.10. The summed E-state index contributed by atoms with van der Waals surface area (Å²) >= 11 is 0. The molecule has 106 valence electrons. The average Bonchev–Trinajstić information content (AvgIpc) is 2.33. The van der Waals surface area contributed by atoms with Crippen molar-refractivity contribution in [2.45, 2.75) is 53.5 Å². The summed E-state index contributed by atoms with van der Waals surface area (Å²) in [5.74, 6) is 0.723. The zero-order valence-corrected chi connectivity index (χ0v) is 12.7. The summed E-state index contributed by atoms with van der Waals surface area (Å²) in [6.45, 7) is 10.5. The number of benzene rings is 1. The van der Waals surface area contributed by atoms with Gasteiger partial charge in [0.1, 0.15) is 0 Å². The van der Waals surface area contributed by atoms with Crippen LogP contribution >= 0.6 is 0 Å². The Morgan fingerprint density at radius 3 is 2.42 bits per heavy atom. The molecule has 2 N–H and O–H groups in total. The van der Waals surface area contributed by atoms with E-state index in [-0.39, 0.29) is 5.91 Å². The van der Waals surface area contributed by atoms with Crippen molar-refractivity contribution < 1.29 is 4.79 Å². The lowest BCUT2D eigenvalue weighted by atomic mass is 10.0. The molecule has 0 aromatic heterocycles. The van der Waals surface area contributed by atoms with Crippen LogP contribution in [0.2, 0.25) is 0 Å². The number of amides is 1. The summed E-state index contributed by atoms with van der Waals surface area (Å²) in [5.41, 5.74) is 3.09. The van der Waals surface area contributed by atoms with Crippen LogP contribution in [0.5, 0.6) is 0 Å². The smallest absolute Gasteiger partial charge is 0.224 e. The van der Waals surface area contributed by atoms with E-state index in [0.29, 0.717) is 18.4 Å². The van der Waals surface area contributed by atoms with Crippen LogP contribution in [-0.4, -0.2) is 11.9 Å². The number of hydrogen-bond acceptors (Lipinski definition) is 2. The first kappa shape index (κ1) is 15.5. The predicted octanol–water partition coefficient (Wildman–Crippen LogP) is 4.19. The Balaban J connectivity index is 2.79. The van der Waals surface area contributed by atoms with Crippen molar-refractivity contribution in [3.63, 3.8) is 0 Å². The van der Waals surface area contributed by atoms with E-state index in [4.69, 9.17) is 0 Å². The van der Waals surface area contributed by atoms with Gasteiger partial charge in [0.15, 0.2) is 0 Å². The standard InChI is InChI=1S/C16H26N2O/c1-6-16(19)18-15-9-7-8-14(13(15)5)17-12(4)10-11(2)3/h7-9,11-12,17H,6,10H2,1-5H3,(H,18,19). The van der Waals surface area contributed by atoms with Crippen molar-refractivity contribution in [1.82, 2.24) is 0 Å². The molecule has 1 rings (SSSR count). The summed E-state index contributed by atoms with van der Waals surface area (Å²) in [5, 5.41) is 6.46. The topological polar surface area (TPSA) is 41.1 Å². The highest BCUT2D eigenvalue weighted by molar-refractivity contribution is 5.92. The number of nitrogens with one attached hydrogen (secondary N) is 2. The molecule has 0 fully saturated rings. The van der Waals surface area contributed by atoms with E-state index in [1.165, 1.54) is 0 Å². The monoisotopic (exact) mass is 262 g/mol. The lowest BCUT2D eigenvalue weighted by Crippen LogP contribution is -2.18. The van der Waals surface area contributed by atoms with Gasteiger partial charge in [0.05, 0.1) is 0 Å². The normalized spacial score (nSPS) is 12.3. The molecule has 0 saturated carbocycles. The summed E-state index contributed by atoms with van der Waals surface area (Å²) in [4.78, 5) is 11.5. The summed E-state index contributed by atoms with van der Waals surface area (Å²) < 4.78 is 0. The third-order valence-corrected chi connectivity index (χ3v) is 3.16.